The van der Waals surface area contributed by atoms with Crippen molar-refractivity contribution < 1.29 is 19.4 Å². The zero-order valence-corrected chi connectivity index (χ0v) is 12.3. The molecule has 0 aromatic carbocycles. The first-order valence-electron chi connectivity index (χ1n) is 8.02. The maximum Gasteiger partial charge on any atom is 0.318 e. The van der Waals surface area contributed by atoms with Crippen LogP contribution in [-0.2, 0) is 9.53 Å². The Kier molecular flexibility index (Phi) is 4.06. The number of morpholine rings is 1. The molecular weight excluding hydrogens is 272 g/mol. The van der Waals surface area contributed by atoms with E-state index in [1.165, 1.54) is 0 Å². The van der Waals surface area contributed by atoms with E-state index in [4.69, 9.17) is 9.84 Å². The second kappa shape index (κ2) is 5.83. The van der Waals surface area contributed by atoms with Crippen LogP contribution in [0, 0.1) is 0 Å². The van der Waals surface area contributed by atoms with E-state index in [0.29, 0.717) is 13.2 Å². The van der Waals surface area contributed by atoms with Crippen molar-refractivity contribution in [2.24, 2.45) is 0 Å². The number of carboxylic acids is 1. The monoisotopic (exact) mass is 296 g/mol. The summed E-state index contributed by atoms with van der Waals surface area (Å²) in [6.07, 6.45) is 6.82. The summed E-state index contributed by atoms with van der Waals surface area (Å²) >= 11 is 0. The van der Waals surface area contributed by atoms with Crippen LogP contribution in [0.25, 0.3) is 0 Å². The molecule has 2 aliphatic carbocycles. The van der Waals surface area contributed by atoms with E-state index in [9.17, 15) is 9.59 Å². The summed E-state index contributed by atoms with van der Waals surface area (Å²) in [5, 5.41) is 12.2. The van der Waals surface area contributed by atoms with Crippen LogP contribution in [0.5, 0.6) is 0 Å². The first-order chi connectivity index (χ1) is 10.1. The average Bonchev–Trinajstić information content (AvgIpc) is 3.06. The Morgan fingerprint density at radius 3 is 2.71 bits per heavy atom. The Labute approximate surface area is 124 Å². The molecule has 2 atom stereocenters. The van der Waals surface area contributed by atoms with Crippen molar-refractivity contribution in [3.8, 4) is 0 Å². The number of nitrogens with zero attached hydrogens (tertiary/aromatic N) is 1. The zero-order chi connectivity index (χ0) is 14.9. The van der Waals surface area contributed by atoms with E-state index < -0.39 is 11.5 Å². The fraction of sp³-hybridized carbons (Fsp3) is 0.867. The molecule has 2 saturated carbocycles. The quantitative estimate of drug-likeness (QED) is 0.831. The molecule has 3 aliphatic rings. The molecule has 6 nitrogen and oxygen atoms in total. The lowest BCUT2D eigenvalue weighted by molar-refractivity contribution is -0.138. The van der Waals surface area contributed by atoms with Crippen LogP contribution in [0.3, 0.4) is 0 Å². The Bertz CT molecular complexity index is 420. The highest BCUT2D eigenvalue weighted by molar-refractivity contribution is 5.77. The fourth-order valence-corrected chi connectivity index (χ4v) is 4.16. The van der Waals surface area contributed by atoms with E-state index in [-0.39, 0.29) is 24.6 Å². The summed E-state index contributed by atoms with van der Waals surface area (Å²) in [5.74, 6) is -0.835. The lowest BCUT2D eigenvalue weighted by atomic mass is 9.93. The van der Waals surface area contributed by atoms with Crippen LogP contribution in [-0.4, -0.2) is 52.8 Å². The number of urea groups is 1. The molecule has 1 heterocycles. The van der Waals surface area contributed by atoms with Gasteiger partial charge in [-0.3, -0.25) is 4.79 Å². The molecule has 21 heavy (non-hydrogen) atoms. The van der Waals surface area contributed by atoms with E-state index in [1.807, 2.05) is 4.90 Å². The number of carboxylic acid groups (broad SMARTS) is 1. The van der Waals surface area contributed by atoms with E-state index in [0.717, 1.165) is 44.9 Å². The molecule has 3 rings (SSSR count). The van der Waals surface area contributed by atoms with Gasteiger partial charge >= 0.3 is 12.0 Å². The number of hydrogen-bond donors (Lipinski definition) is 2. The number of aliphatic carboxylic acids is 1. The van der Waals surface area contributed by atoms with E-state index >= 15 is 0 Å². The predicted molar refractivity (Wildman–Crippen MR) is 76.1 cm³/mol. The van der Waals surface area contributed by atoms with Gasteiger partial charge in [-0.25, -0.2) is 4.79 Å². The van der Waals surface area contributed by atoms with E-state index in [2.05, 4.69) is 5.32 Å². The summed E-state index contributed by atoms with van der Waals surface area (Å²) in [7, 11) is 0. The summed E-state index contributed by atoms with van der Waals surface area (Å²) in [6.45, 7) is 1.19. The average molecular weight is 296 g/mol. The number of ether oxygens (including phenoxy) is 1. The Morgan fingerprint density at radius 2 is 2.00 bits per heavy atom. The minimum atomic E-state index is -0.835. The molecule has 118 valence electrons. The fourth-order valence-electron chi connectivity index (χ4n) is 4.16. The Balaban J connectivity index is 1.67. The lowest BCUT2D eigenvalue weighted by Crippen LogP contribution is -2.59. The van der Waals surface area contributed by atoms with Crippen LogP contribution >= 0.6 is 0 Å². The molecular formula is C15H24N2O4. The van der Waals surface area contributed by atoms with E-state index in [1.54, 1.807) is 0 Å². The molecule has 0 spiro atoms. The summed E-state index contributed by atoms with van der Waals surface area (Å²) in [5.41, 5.74) is -0.546. The lowest BCUT2D eigenvalue weighted by Gasteiger charge is -2.40. The van der Waals surface area contributed by atoms with Crippen molar-refractivity contribution in [1.82, 2.24) is 10.2 Å². The number of hydrogen-bond acceptors (Lipinski definition) is 3. The molecule has 0 aromatic rings. The van der Waals surface area contributed by atoms with Gasteiger partial charge in [-0.15, -0.1) is 0 Å². The third-order valence-electron chi connectivity index (χ3n) is 5.17. The largest absolute Gasteiger partial charge is 0.481 e. The molecule has 0 bridgehead atoms. The number of nitrogens with one attached hydrogen (secondary N) is 1. The van der Waals surface area contributed by atoms with Crippen LogP contribution in [0.1, 0.15) is 51.4 Å². The summed E-state index contributed by atoms with van der Waals surface area (Å²) in [4.78, 5) is 25.6. The number of carbonyl (C=O) groups excluding carboxylic acids is 1. The van der Waals surface area contributed by atoms with Crippen LogP contribution in [0.4, 0.5) is 4.79 Å². The normalized spacial score (nSPS) is 31.0. The molecule has 0 aromatic heterocycles. The van der Waals surface area contributed by atoms with Gasteiger partial charge in [0.15, 0.2) is 0 Å². The second-order valence-corrected chi connectivity index (χ2v) is 6.59. The van der Waals surface area contributed by atoms with Crippen molar-refractivity contribution in [2.75, 3.05) is 13.2 Å². The van der Waals surface area contributed by atoms with Crippen LogP contribution < -0.4 is 5.32 Å². The van der Waals surface area contributed by atoms with Crippen LogP contribution in [0.2, 0.25) is 0 Å². The van der Waals surface area contributed by atoms with Crippen molar-refractivity contribution in [1.29, 1.82) is 0 Å². The van der Waals surface area contributed by atoms with Crippen molar-refractivity contribution >= 4 is 12.0 Å². The number of rotatable bonds is 3. The maximum atomic E-state index is 12.6. The first-order valence-corrected chi connectivity index (χ1v) is 8.02. The topological polar surface area (TPSA) is 78.9 Å². The number of fused-ring (bicyclic) bond motifs is 1. The predicted octanol–water partition coefficient (Wildman–Crippen LogP) is 1.74. The van der Waals surface area contributed by atoms with Gasteiger partial charge in [-0.1, -0.05) is 12.8 Å². The summed E-state index contributed by atoms with van der Waals surface area (Å²) in [6, 6.07) is 0.0698. The molecule has 3 fully saturated rings. The SMILES string of the molecule is O=C(O)CC1(NC(=O)N2CCOC3CCCC32)CCCC1. The molecule has 1 aliphatic heterocycles. The summed E-state index contributed by atoms with van der Waals surface area (Å²) < 4.78 is 5.73. The maximum absolute atomic E-state index is 12.6. The highest BCUT2D eigenvalue weighted by Gasteiger charge is 2.42. The number of amides is 2. The third kappa shape index (κ3) is 3.00. The van der Waals surface area contributed by atoms with Crippen molar-refractivity contribution in [3.05, 3.63) is 0 Å². The Hall–Kier alpha value is -1.30. The molecule has 2 amide bonds. The molecule has 2 unspecified atom stereocenters. The Morgan fingerprint density at radius 1 is 1.24 bits per heavy atom. The third-order valence-corrected chi connectivity index (χ3v) is 5.17. The van der Waals surface area contributed by atoms with Gasteiger partial charge in [0, 0.05) is 6.54 Å². The van der Waals surface area contributed by atoms with Gasteiger partial charge in [-0.05, 0) is 32.1 Å². The molecule has 1 saturated heterocycles. The van der Waals surface area contributed by atoms with Gasteiger partial charge in [0.2, 0.25) is 0 Å². The first kappa shape index (κ1) is 14.6. The molecule has 2 N–H and O–H groups in total. The van der Waals surface area contributed by atoms with Crippen molar-refractivity contribution in [3.63, 3.8) is 0 Å². The van der Waals surface area contributed by atoms with Gasteiger partial charge in [0.05, 0.1) is 30.7 Å². The van der Waals surface area contributed by atoms with Gasteiger partial charge in [-0.2, -0.15) is 0 Å². The minimum Gasteiger partial charge on any atom is -0.481 e. The second-order valence-electron chi connectivity index (χ2n) is 6.59. The van der Waals surface area contributed by atoms with Gasteiger partial charge in [0.1, 0.15) is 0 Å². The smallest absolute Gasteiger partial charge is 0.318 e. The molecule has 6 heteroatoms. The highest BCUT2D eigenvalue weighted by atomic mass is 16.5. The van der Waals surface area contributed by atoms with Crippen molar-refractivity contribution in [2.45, 2.75) is 69.1 Å². The van der Waals surface area contributed by atoms with Gasteiger partial charge in [0.25, 0.3) is 0 Å². The molecule has 0 radical (unpaired) electrons. The minimum absolute atomic E-state index is 0.0250. The van der Waals surface area contributed by atoms with Crippen LogP contribution in [0.15, 0.2) is 0 Å². The zero-order valence-electron chi connectivity index (χ0n) is 12.3. The standard InChI is InChI=1S/C15H24N2O4/c18-13(19)10-15(6-1-2-7-15)16-14(20)17-8-9-21-12-5-3-4-11(12)17/h11-12H,1-10H2,(H,16,20)(H,18,19). The highest BCUT2D eigenvalue weighted by Crippen LogP contribution is 2.34. The number of carbonyl (C=O) groups is 2. The van der Waals surface area contributed by atoms with Gasteiger partial charge < -0.3 is 20.1 Å².